The summed E-state index contributed by atoms with van der Waals surface area (Å²) in [6.45, 7) is 4.45. The first kappa shape index (κ1) is 14.1. The van der Waals surface area contributed by atoms with Gasteiger partial charge in [-0.05, 0) is 43.7 Å². The molecule has 1 unspecified atom stereocenters. The molecule has 1 fully saturated rings. The van der Waals surface area contributed by atoms with Gasteiger partial charge in [0.15, 0.2) is 0 Å². The van der Waals surface area contributed by atoms with Crippen molar-refractivity contribution in [3.05, 3.63) is 24.0 Å². The van der Waals surface area contributed by atoms with Crippen LogP contribution >= 0.6 is 0 Å². The molecule has 2 N–H and O–H groups in total. The molecule has 1 atom stereocenters. The topological polar surface area (TPSA) is 54.3 Å². The van der Waals surface area contributed by atoms with Crippen LogP contribution in [0, 0.1) is 5.92 Å². The monoisotopic (exact) mass is 264 g/mol. The standard InChI is InChI=1S/C15H24N2O2/c1-11(2)9-13(18)10-16-15(19)14-7-4-8-17(14)12-5-3-6-12/h4,7-8,11-13,18H,3,5-6,9-10H2,1-2H3,(H,16,19). The molecule has 0 radical (unpaired) electrons. The number of aromatic nitrogens is 1. The summed E-state index contributed by atoms with van der Waals surface area (Å²) < 4.78 is 2.06. The van der Waals surface area contributed by atoms with E-state index in [0.717, 1.165) is 12.8 Å². The van der Waals surface area contributed by atoms with Crippen LogP contribution in [-0.4, -0.2) is 28.2 Å². The number of carbonyl (C=O) groups excluding carboxylic acids is 1. The van der Waals surface area contributed by atoms with Gasteiger partial charge in [-0.15, -0.1) is 0 Å². The third-order valence-electron chi connectivity index (χ3n) is 3.72. The molecule has 1 aromatic heterocycles. The van der Waals surface area contributed by atoms with Crippen molar-refractivity contribution in [1.29, 1.82) is 0 Å². The van der Waals surface area contributed by atoms with E-state index in [-0.39, 0.29) is 5.91 Å². The molecule has 4 heteroatoms. The predicted molar refractivity (Wildman–Crippen MR) is 75.1 cm³/mol. The molecule has 0 spiro atoms. The minimum atomic E-state index is -0.462. The third kappa shape index (κ3) is 3.60. The Hall–Kier alpha value is -1.29. The summed E-state index contributed by atoms with van der Waals surface area (Å²) >= 11 is 0. The number of nitrogens with zero attached hydrogens (tertiary/aromatic N) is 1. The number of hydrogen-bond acceptors (Lipinski definition) is 2. The Morgan fingerprint density at radius 3 is 2.84 bits per heavy atom. The van der Waals surface area contributed by atoms with Crippen molar-refractivity contribution in [3.63, 3.8) is 0 Å². The van der Waals surface area contributed by atoms with Gasteiger partial charge in [0.25, 0.3) is 5.91 Å². The van der Waals surface area contributed by atoms with E-state index in [4.69, 9.17) is 0 Å². The fraction of sp³-hybridized carbons (Fsp3) is 0.667. The van der Waals surface area contributed by atoms with Crippen molar-refractivity contribution >= 4 is 5.91 Å². The predicted octanol–water partition coefficient (Wildman–Crippen LogP) is 2.35. The summed E-state index contributed by atoms with van der Waals surface area (Å²) in [5.74, 6) is 0.352. The second kappa shape index (κ2) is 6.24. The first-order valence-electron chi connectivity index (χ1n) is 7.21. The summed E-state index contributed by atoms with van der Waals surface area (Å²) in [5, 5.41) is 12.6. The lowest BCUT2D eigenvalue weighted by Gasteiger charge is -2.28. The van der Waals surface area contributed by atoms with E-state index in [1.807, 2.05) is 18.3 Å². The molecule has 2 rings (SSSR count). The van der Waals surface area contributed by atoms with Gasteiger partial charge in [-0.2, -0.15) is 0 Å². The second-order valence-electron chi connectivity index (χ2n) is 5.88. The van der Waals surface area contributed by atoms with Crippen LogP contribution in [0.4, 0.5) is 0 Å². The summed E-state index contributed by atoms with van der Waals surface area (Å²) in [5.41, 5.74) is 0.710. The average molecular weight is 264 g/mol. The zero-order chi connectivity index (χ0) is 13.8. The fourth-order valence-electron chi connectivity index (χ4n) is 2.50. The maximum absolute atomic E-state index is 12.1. The van der Waals surface area contributed by atoms with E-state index in [1.165, 1.54) is 6.42 Å². The molecular weight excluding hydrogens is 240 g/mol. The Balaban J connectivity index is 1.87. The van der Waals surface area contributed by atoms with Crippen molar-refractivity contribution in [2.75, 3.05) is 6.54 Å². The molecule has 19 heavy (non-hydrogen) atoms. The van der Waals surface area contributed by atoms with Crippen molar-refractivity contribution in [2.24, 2.45) is 5.92 Å². The van der Waals surface area contributed by atoms with E-state index in [9.17, 15) is 9.90 Å². The Bertz CT molecular complexity index is 422. The lowest BCUT2D eigenvalue weighted by molar-refractivity contribution is 0.0886. The highest BCUT2D eigenvalue weighted by atomic mass is 16.3. The van der Waals surface area contributed by atoms with Crippen molar-refractivity contribution in [1.82, 2.24) is 9.88 Å². The summed E-state index contributed by atoms with van der Waals surface area (Å²) in [7, 11) is 0. The smallest absolute Gasteiger partial charge is 0.268 e. The van der Waals surface area contributed by atoms with E-state index in [1.54, 1.807) is 0 Å². The van der Waals surface area contributed by atoms with Gasteiger partial charge in [0.2, 0.25) is 0 Å². The van der Waals surface area contributed by atoms with Gasteiger partial charge in [0, 0.05) is 18.8 Å². The quantitative estimate of drug-likeness (QED) is 0.828. The Morgan fingerprint density at radius 2 is 2.26 bits per heavy atom. The highest BCUT2D eigenvalue weighted by Gasteiger charge is 2.23. The minimum absolute atomic E-state index is 0.0836. The highest BCUT2D eigenvalue weighted by molar-refractivity contribution is 5.92. The third-order valence-corrected chi connectivity index (χ3v) is 3.72. The van der Waals surface area contributed by atoms with E-state index < -0.39 is 6.10 Å². The number of amides is 1. The average Bonchev–Trinajstić information content (AvgIpc) is 2.71. The van der Waals surface area contributed by atoms with Crippen LogP contribution in [0.2, 0.25) is 0 Å². The first-order chi connectivity index (χ1) is 9.08. The first-order valence-corrected chi connectivity index (χ1v) is 7.21. The number of carbonyl (C=O) groups is 1. The van der Waals surface area contributed by atoms with Gasteiger partial charge in [0.05, 0.1) is 6.10 Å². The molecule has 1 saturated carbocycles. The molecule has 1 heterocycles. The van der Waals surface area contributed by atoms with Gasteiger partial charge in [-0.3, -0.25) is 4.79 Å². The molecule has 0 bridgehead atoms. The number of rotatable bonds is 6. The zero-order valence-electron chi connectivity index (χ0n) is 11.8. The van der Waals surface area contributed by atoms with Crippen LogP contribution in [0.1, 0.15) is 56.1 Å². The van der Waals surface area contributed by atoms with E-state index in [0.29, 0.717) is 30.6 Å². The minimum Gasteiger partial charge on any atom is -0.391 e. The lowest BCUT2D eigenvalue weighted by Crippen LogP contribution is -2.34. The molecule has 0 saturated heterocycles. The van der Waals surface area contributed by atoms with E-state index in [2.05, 4.69) is 23.7 Å². The summed E-state index contributed by atoms with van der Waals surface area (Å²) in [4.78, 5) is 12.1. The van der Waals surface area contributed by atoms with Gasteiger partial charge in [-0.1, -0.05) is 13.8 Å². The number of nitrogens with one attached hydrogen (secondary N) is 1. The molecule has 1 aromatic rings. The van der Waals surface area contributed by atoms with Gasteiger partial charge in [0.1, 0.15) is 5.69 Å². The number of aliphatic hydroxyl groups excluding tert-OH is 1. The van der Waals surface area contributed by atoms with Gasteiger partial charge in [-0.25, -0.2) is 0 Å². The van der Waals surface area contributed by atoms with Gasteiger partial charge >= 0.3 is 0 Å². The SMILES string of the molecule is CC(C)CC(O)CNC(=O)c1cccn1C1CCC1. The molecule has 4 nitrogen and oxygen atoms in total. The van der Waals surface area contributed by atoms with Crippen LogP contribution in [0.25, 0.3) is 0 Å². The van der Waals surface area contributed by atoms with Crippen molar-refractivity contribution in [3.8, 4) is 0 Å². The molecule has 1 aliphatic carbocycles. The maximum atomic E-state index is 12.1. The zero-order valence-corrected chi connectivity index (χ0v) is 11.8. The highest BCUT2D eigenvalue weighted by Crippen LogP contribution is 2.32. The van der Waals surface area contributed by atoms with Crippen LogP contribution < -0.4 is 5.32 Å². The van der Waals surface area contributed by atoms with Crippen LogP contribution in [0.3, 0.4) is 0 Å². The molecular formula is C15H24N2O2. The second-order valence-corrected chi connectivity index (χ2v) is 5.88. The number of aliphatic hydroxyl groups is 1. The summed E-state index contributed by atoms with van der Waals surface area (Å²) in [6.07, 6.45) is 5.79. The maximum Gasteiger partial charge on any atom is 0.268 e. The summed E-state index contributed by atoms with van der Waals surface area (Å²) in [6, 6.07) is 4.25. The van der Waals surface area contributed by atoms with Crippen molar-refractivity contribution in [2.45, 2.75) is 51.7 Å². The number of hydrogen-bond donors (Lipinski definition) is 2. The Labute approximate surface area is 114 Å². The Morgan fingerprint density at radius 1 is 1.53 bits per heavy atom. The lowest BCUT2D eigenvalue weighted by atomic mass is 9.93. The molecule has 0 aromatic carbocycles. The van der Waals surface area contributed by atoms with E-state index >= 15 is 0 Å². The van der Waals surface area contributed by atoms with Crippen LogP contribution in [0.15, 0.2) is 18.3 Å². The fourth-order valence-corrected chi connectivity index (χ4v) is 2.50. The molecule has 0 aliphatic heterocycles. The van der Waals surface area contributed by atoms with Crippen LogP contribution in [-0.2, 0) is 0 Å². The molecule has 1 amide bonds. The Kier molecular flexibility index (Phi) is 4.64. The van der Waals surface area contributed by atoms with Crippen LogP contribution in [0.5, 0.6) is 0 Å². The molecule has 1 aliphatic rings. The normalized spacial score (nSPS) is 17.3. The largest absolute Gasteiger partial charge is 0.391 e. The van der Waals surface area contributed by atoms with Crippen molar-refractivity contribution < 1.29 is 9.90 Å². The van der Waals surface area contributed by atoms with Gasteiger partial charge < -0.3 is 15.0 Å². The molecule has 106 valence electrons.